The van der Waals surface area contributed by atoms with Crippen molar-refractivity contribution in [2.75, 3.05) is 7.11 Å². The van der Waals surface area contributed by atoms with Crippen molar-refractivity contribution in [1.29, 1.82) is 0 Å². The Morgan fingerprint density at radius 1 is 0.919 bits per heavy atom. The van der Waals surface area contributed by atoms with Crippen molar-refractivity contribution in [2.45, 2.75) is 52.6 Å². The Labute approximate surface area is 217 Å². The number of aliphatic carboxylic acids is 1. The van der Waals surface area contributed by atoms with Crippen LogP contribution in [0.15, 0.2) is 71.1 Å². The van der Waals surface area contributed by atoms with Gasteiger partial charge in [0.05, 0.1) is 12.8 Å². The van der Waals surface area contributed by atoms with Crippen LogP contribution in [-0.4, -0.2) is 23.2 Å². The summed E-state index contributed by atoms with van der Waals surface area (Å²) in [7, 11) is 1.66. The number of carbonyl (C=O) groups is 1. The fourth-order valence-corrected chi connectivity index (χ4v) is 4.28. The molecule has 0 radical (unpaired) electrons. The summed E-state index contributed by atoms with van der Waals surface area (Å²) in [5.41, 5.74) is 5.99. The zero-order chi connectivity index (χ0) is 26.5. The van der Waals surface area contributed by atoms with E-state index < -0.39 is 5.97 Å². The van der Waals surface area contributed by atoms with Crippen molar-refractivity contribution < 1.29 is 23.8 Å². The number of oxazole rings is 1. The highest BCUT2D eigenvalue weighted by atomic mass is 16.5. The molecule has 1 N–H and O–H groups in total. The van der Waals surface area contributed by atoms with Gasteiger partial charge in [-0.2, -0.15) is 0 Å². The number of rotatable bonds is 10. The molecule has 192 valence electrons. The highest BCUT2D eigenvalue weighted by Crippen LogP contribution is 2.34. The third kappa shape index (κ3) is 6.20. The van der Waals surface area contributed by atoms with Crippen LogP contribution in [-0.2, 0) is 11.2 Å². The van der Waals surface area contributed by atoms with Gasteiger partial charge in [-0.1, -0.05) is 44.2 Å². The van der Waals surface area contributed by atoms with Crippen LogP contribution in [0.1, 0.15) is 61.8 Å². The first-order chi connectivity index (χ1) is 17.7. The van der Waals surface area contributed by atoms with E-state index in [4.69, 9.17) is 24.0 Å². The minimum absolute atomic E-state index is 0.108. The quantitative estimate of drug-likeness (QED) is 0.242. The molecule has 6 nitrogen and oxygen atoms in total. The zero-order valence-corrected chi connectivity index (χ0v) is 21.9. The Bertz CT molecular complexity index is 1350. The summed E-state index contributed by atoms with van der Waals surface area (Å²) in [6.45, 7) is 8.10. The summed E-state index contributed by atoms with van der Waals surface area (Å²) in [6.07, 6.45) is 0.260. The predicted molar refractivity (Wildman–Crippen MR) is 144 cm³/mol. The molecular formula is C31H33NO5. The second-order valence-corrected chi connectivity index (χ2v) is 9.47. The Balaban J connectivity index is 1.53. The summed E-state index contributed by atoms with van der Waals surface area (Å²) < 4.78 is 17.8. The van der Waals surface area contributed by atoms with Crippen LogP contribution >= 0.6 is 0 Å². The average Bonchev–Trinajstić information content (AvgIpc) is 3.35. The van der Waals surface area contributed by atoms with Gasteiger partial charge in [-0.3, -0.25) is 4.79 Å². The smallest absolute Gasteiger partial charge is 0.303 e. The van der Waals surface area contributed by atoms with E-state index in [2.05, 4.69) is 26.0 Å². The van der Waals surface area contributed by atoms with E-state index in [0.717, 1.165) is 39.3 Å². The molecule has 0 fully saturated rings. The van der Waals surface area contributed by atoms with E-state index in [1.807, 2.05) is 68.4 Å². The van der Waals surface area contributed by atoms with Gasteiger partial charge in [0, 0.05) is 12.0 Å². The standard InChI is InChI=1S/C31H33NO5/c1-19(2)29-30(21(4)36-27-16-10-22(20(3)18-27)13-17-28(33)34)37-31(32-29)25-8-6-23(7-9-25)24-11-14-26(35-5)15-12-24/h6-12,14-16,18-19,21H,13,17H2,1-5H3,(H,33,34). The lowest BCUT2D eigenvalue weighted by Gasteiger charge is -2.16. The molecule has 4 rings (SSSR count). The van der Waals surface area contributed by atoms with Gasteiger partial charge >= 0.3 is 5.97 Å². The highest BCUT2D eigenvalue weighted by molar-refractivity contribution is 5.68. The topological polar surface area (TPSA) is 81.8 Å². The molecule has 0 bridgehead atoms. The lowest BCUT2D eigenvalue weighted by Crippen LogP contribution is -2.06. The number of carboxylic acids is 1. The Morgan fingerprint density at radius 3 is 2.08 bits per heavy atom. The first kappa shape index (κ1) is 26.0. The number of carboxylic acid groups (broad SMARTS) is 1. The van der Waals surface area contributed by atoms with E-state index >= 15 is 0 Å². The van der Waals surface area contributed by atoms with Gasteiger partial charge < -0.3 is 19.0 Å². The van der Waals surface area contributed by atoms with E-state index in [1.165, 1.54) is 0 Å². The van der Waals surface area contributed by atoms with Crippen molar-refractivity contribution in [1.82, 2.24) is 4.98 Å². The summed E-state index contributed by atoms with van der Waals surface area (Å²) in [4.78, 5) is 15.7. The molecule has 0 spiro atoms. The van der Waals surface area contributed by atoms with Crippen LogP contribution in [0.4, 0.5) is 0 Å². The number of hydrogen-bond donors (Lipinski definition) is 1. The van der Waals surface area contributed by atoms with Crippen LogP contribution in [0.25, 0.3) is 22.6 Å². The second kappa shape index (κ2) is 11.3. The molecule has 1 unspecified atom stereocenters. The molecule has 0 saturated heterocycles. The lowest BCUT2D eigenvalue weighted by molar-refractivity contribution is -0.136. The largest absolute Gasteiger partial charge is 0.497 e. The van der Waals surface area contributed by atoms with Gasteiger partial charge in [0.15, 0.2) is 11.9 Å². The summed E-state index contributed by atoms with van der Waals surface area (Å²) in [5, 5.41) is 8.96. The third-order valence-electron chi connectivity index (χ3n) is 6.39. The lowest BCUT2D eigenvalue weighted by atomic mass is 10.0. The van der Waals surface area contributed by atoms with E-state index in [1.54, 1.807) is 7.11 Å². The minimum atomic E-state index is -0.800. The summed E-state index contributed by atoms with van der Waals surface area (Å²) in [6, 6.07) is 21.9. The zero-order valence-electron chi connectivity index (χ0n) is 21.9. The van der Waals surface area contributed by atoms with Crippen LogP contribution < -0.4 is 9.47 Å². The van der Waals surface area contributed by atoms with Crippen LogP contribution in [0.5, 0.6) is 11.5 Å². The van der Waals surface area contributed by atoms with Gasteiger partial charge in [-0.15, -0.1) is 0 Å². The SMILES string of the molecule is COc1ccc(-c2ccc(-c3nc(C(C)C)c(C(C)Oc4ccc(CCC(=O)O)c(C)c4)o3)cc2)cc1. The normalized spacial score (nSPS) is 11.9. The molecular weight excluding hydrogens is 466 g/mol. The van der Waals surface area contributed by atoms with E-state index in [-0.39, 0.29) is 18.4 Å². The molecule has 1 aromatic heterocycles. The molecule has 0 aliphatic heterocycles. The summed E-state index contributed by atoms with van der Waals surface area (Å²) >= 11 is 0. The van der Waals surface area contributed by atoms with Crippen LogP contribution in [0.2, 0.25) is 0 Å². The molecule has 0 aliphatic rings. The number of aryl methyl sites for hydroxylation is 2. The fraction of sp³-hybridized carbons (Fsp3) is 0.290. The van der Waals surface area contributed by atoms with Gasteiger partial charge in [0.25, 0.3) is 0 Å². The molecule has 4 aromatic rings. The van der Waals surface area contributed by atoms with Gasteiger partial charge in [0.1, 0.15) is 11.5 Å². The number of benzene rings is 3. The highest BCUT2D eigenvalue weighted by Gasteiger charge is 2.23. The van der Waals surface area contributed by atoms with E-state index in [0.29, 0.717) is 23.8 Å². The van der Waals surface area contributed by atoms with Crippen molar-refractivity contribution in [3.63, 3.8) is 0 Å². The van der Waals surface area contributed by atoms with E-state index in [9.17, 15) is 4.79 Å². The minimum Gasteiger partial charge on any atom is -0.497 e. The number of hydrogen-bond acceptors (Lipinski definition) is 5. The summed E-state index contributed by atoms with van der Waals surface area (Å²) in [5.74, 6) is 2.17. The van der Waals surface area contributed by atoms with Gasteiger partial charge in [-0.05, 0) is 84.8 Å². The molecule has 0 amide bonds. The molecule has 37 heavy (non-hydrogen) atoms. The third-order valence-corrected chi connectivity index (χ3v) is 6.39. The molecule has 3 aromatic carbocycles. The molecule has 1 heterocycles. The maximum Gasteiger partial charge on any atom is 0.303 e. The van der Waals surface area contributed by atoms with Crippen LogP contribution in [0.3, 0.4) is 0 Å². The van der Waals surface area contributed by atoms with Crippen molar-refractivity contribution in [3.8, 4) is 34.1 Å². The maximum absolute atomic E-state index is 10.9. The molecule has 0 saturated carbocycles. The first-order valence-corrected chi connectivity index (χ1v) is 12.5. The Hall–Kier alpha value is -4.06. The predicted octanol–water partition coefficient (Wildman–Crippen LogP) is 7.61. The average molecular weight is 500 g/mol. The van der Waals surface area contributed by atoms with Crippen LogP contribution in [0, 0.1) is 6.92 Å². The molecule has 1 atom stereocenters. The van der Waals surface area contributed by atoms with Crippen molar-refractivity contribution in [3.05, 3.63) is 89.3 Å². The molecule has 6 heteroatoms. The van der Waals surface area contributed by atoms with Gasteiger partial charge in [0.2, 0.25) is 5.89 Å². The first-order valence-electron chi connectivity index (χ1n) is 12.5. The Morgan fingerprint density at radius 2 is 1.51 bits per heavy atom. The Kier molecular flexibility index (Phi) is 7.97. The van der Waals surface area contributed by atoms with Crippen molar-refractivity contribution >= 4 is 5.97 Å². The number of ether oxygens (including phenoxy) is 2. The number of methoxy groups -OCH3 is 1. The molecule has 0 aliphatic carbocycles. The van der Waals surface area contributed by atoms with Gasteiger partial charge in [-0.25, -0.2) is 4.98 Å². The maximum atomic E-state index is 10.9. The number of aromatic nitrogens is 1. The monoisotopic (exact) mass is 499 g/mol. The fourth-order valence-electron chi connectivity index (χ4n) is 4.28. The number of nitrogens with zero attached hydrogens (tertiary/aromatic N) is 1. The van der Waals surface area contributed by atoms with Crippen molar-refractivity contribution in [2.24, 2.45) is 0 Å². The second-order valence-electron chi connectivity index (χ2n) is 9.47.